The summed E-state index contributed by atoms with van der Waals surface area (Å²) in [6.45, 7) is 3.80. The van der Waals surface area contributed by atoms with Crippen LogP contribution in [-0.2, 0) is 6.54 Å². The van der Waals surface area contributed by atoms with Crippen molar-refractivity contribution in [2.24, 2.45) is 0 Å². The van der Waals surface area contributed by atoms with Crippen LogP contribution in [0, 0.1) is 19.7 Å². The van der Waals surface area contributed by atoms with E-state index < -0.39 is 11.6 Å². The van der Waals surface area contributed by atoms with Crippen molar-refractivity contribution in [3.63, 3.8) is 0 Å². The second kappa shape index (κ2) is 8.73. The van der Waals surface area contributed by atoms with Crippen molar-refractivity contribution in [2.45, 2.75) is 20.4 Å². The number of nitrogen functional groups attached to an aromatic ring is 1. The Morgan fingerprint density at radius 3 is 2.61 bits per heavy atom. The van der Waals surface area contributed by atoms with E-state index in [1.54, 1.807) is 21.5 Å². The van der Waals surface area contributed by atoms with Gasteiger partial charge in [-0.2, -0.15) is 5.10 Å². The van der Waals surface area contributed by atoms with Gasteiger partial charge in [-0.15, -0.1) is 0 Å². The summed E-state index contributed by atoms with van der Waals surface area (Å²) in [6, 6.07) is 13.2. The number of anilines is 1. The van der Waals surface area contributed by atoms with Gasteiger partial charge in [-0.25, -0.2) is 29.0 Å². The average Bonchev–Trinajstić information content (AvgIpc) is 3.26. The molecule has 0 aliphatic rings. The molecule has 3 N–H and O–H groups in total. The first-order valence-corrected chi connectivity index (χ1v) is 11.7. The predicted octanol–water partition coefficient (Wildman–Crippen LogP) is 3.68. The Morgan fingerprint density at radius 1 is 1.00 bits per heavy atom. The van der Waals surface area contributed by atoms with Gasteiger partial charge >= 0.3 is 0 Å². The Kier molecular flexibility index (Phi) is 5.34. The number of nitrogens with zero attached hydrogens (tertiary/aromatic N) is 7. The molecule has 0 saturated heterocycles. The van der Waals surface area contributed by atoms with E-state index in [2.05, 4.69) is 15.0 Å². The lowest BCUT2D eigenvalue weighted by Crippen LogP contribution is -2.27. The van der Waals surface area contributed by atoms with E-state index in [1.807, 2.05) is 38.1 Å². The number of para-hydroxylation sites is 1. The molecule has 188 valence electrons. The molecule has 10 nitrogen and oxygen atoms in total. The number of hydrogen-bond acceptors (Lipinski definition) is 8. The Hall–Kier alpha value is -5.19. The number of pyridine rings is 1. The van der Waals surface area contributed by atoms with Crippen LogP contribution in [0.5, 0.6) is 5.75 Å². The number of phenolic OH excluding ortho intramolecular Hbond substituents is 1. The van der Waals surface area contributed by atoms with Crippen LogP contribution in [0.4, 0.5) is 10.2 Å². The summed E-state index contributed by atoms with van der Waals surface area (Å²) < 4.78 is 16.9. The number of hydrogen-bond donors (Lipinski definition) is 2. The highest BCUT2D eigenvalue weighted by Crippen LogP contribution is 2.33. The molecule has 0 bridgehead atoms. The van der Waals surface area contributed by atoms with Crippen LogP contribution in [-0.4, -0.2) is 39.4 Å². The fourth-order valence-corrected chi connectivity index (χ4v) is 4.60. The zero-order chi connectivity index (χ0) is 26.6. The Balaban J connectivity index is 1.62. The molecule has 0 aliphatic heterocycles. The van der Waals surface area contributed by atoms with Crippen molar-refractivity contribution in [3.8, 4) is 22.7 Å². The van der Waals surface area contributed by atoms with E-state index in [0.29, 0.717) is 44.8 Å². The highest BCUT2D eigenvalue weighted by atomic mass is 19.1. The number of aromatic hydroxyl groups is 1. The predicted molar refractivity (Wildman–Crippen MR) is 141 cm³/mol. The van der Waals surface area contributed by atoms with Gasteiger partial charge in [0.05, 0.1) is 16.5 Å². The van der Waals surface area contributed by atoms with Crippen molar-refractivity contribution in [1.82, 2.24) is 34.3 Å². The van der Waals surface area contributed by atoms with Crippen molar-refractivity contribution in [1.29, 1.82) is 0 Å². The summed E-state index contributed by atoms with van der Waals surface area (Å²) in [6.07, 6.45) is 2.93. The lowest BCUT2D eigenvalue weighted by molar-refractivity contribution is 0.432. The Morgan fingerprint density at radius 2 is 1.82 bits per heavy atom. The number of nitrogens with two attached hydrogens (primary N) is 1. The van der Waals surface area contributed by atoms with Gasteiger partial charge in [0.25, 0.3) is 5.56 Å². The highest BCUT2D eigenvalue weighted by Gasteiger charge is 2.22. The van der Waals surface area contributed by atoms with Crippen LogP contribution < -0.4 is 11.3 Å². The zero-order valence-corrected chi connectivity index (χ0v) is 20.4. The largest absolute Gasteiger partial charge is 0.505 e. The molecule has 0 atom stereocenters. The molecule has 6 rings (SSSR count). The van der Waals surface area contributed by atoms with Crippen LogP contribution in [0.3, 0.4) is 0 Å². The third-order valence-electron chi connectivity index (χ3n) is 6.48. The number of aryl methyl sites for hydroxylation is 2. The quantitative estimate of drug-likeness (QED) is 0.368. The van der Waals surface area contributed by atoms with Crippen molar-refractivity contribution in [3.05, 3.63) is 94.2 Å². The fraction of sp³-hybridized carbons (Fsp3) is 0.111. The molecule has 38 heavy (non-hydrogen) atoms. The van der Waals surface area contributed by atoms with Gasteiger partial charge in [0, 0.05) is 11.8 Å². The fourth-order valence-electron chi connectivity index (χ4n) is 4.60. The SMILES string of the molecule is Cc1ccccc1-n1c(Cn2nc(-c3ccc(F)c(O)c3)c3c(N)ncnc32)nc2nccc(C)c2c1=O. The maximum Gasteiger partial charge on any atom is 0.267 e. The van der Waals surface area contributed by atoms with E-state index in [4.69, 9.17) is 15.8 Å². The first-order valence-electron chi connectivity index (χ1n) is 11.7. The number of aromatic nitrogens is 7. The van der Waals surface area contributed by atoms with Gasteiger partial charge in [-0.3, -0.25) is 9.36 Å². The number of benzene rings is 2. The van der Waals surface area contributed by atoms with Gasteiger partial charge in [0.2, 0.25) is 0 Å². The summed E-state index contributed by atoms with van der Waals surface area (Å²) in [5.41, 5.74) is 9.78. The van der Waals surface area contributed by atoms with Crippen molar-refractivity contribution in [2.75, 3.05) is 5.73 Å². The minimum Gasteiger partial charge on any atom is -0.505 e. The molecule has 4 heterocycles. The molecular formula is C27H21FN8O2. The molecule has 6 aromatic rings. The average molecular weight is 509 g/mol. The third-order valence-corrected chi connectivity index (χ3v) is 6.48. The first-order chi connectivity index (χ1) is 18.3. The van der Waals surface area contributed by atoms with Gasteiger partial charge < -0.3 is 10.8 Å². The minimum absolute atomic E-state index is 0.0370. The lowest BCUT2D eigenvalue weighted by Gasteiger charge is -2.16. The number of rotatable bonds is 4. The van der Waals surface area contributed by atoms with E-state index >= 15 is 0 Å². The summed E-state index contributed by atoms with van der Waals surface area (Å²) in [5.74, 6) is -0.733. The van der Waals surface area contributed by atoms with Crippen LogP contribution in [0.25, 0.3) is 39.0 Å². The van der Waals surface area contributed by atoms with Gasteiger partial charge in [-0.1, -0.05) is 18.2 Å². The molecule has 4 aromatic heterocycles. The molecule has 0 aliphatic carbocycles. The van der Waals surface area contributed by atoms with Crippen LogP contribution >= 0.6 is 0 Å². The molecule has 0 radical (unpaired) electrons. The molecular weight excluding hydrogens is 487 g/mol. The maximum absolute atomic E-state index is 13.9. The van der Waals surface area contributed by atoms with Crippen LogP contribution in [0.15, 0.2) is 65.8 Å². The standard InChI is InChI=1S/C27H21FN8O2/c1-14-5-3-4-6-18(14)36-20(33-25-21(27(36)38)15(2)9-10-30-25)12-35-26-22(24(29)31-13-32-26)23(34-35)16-7-8-17(28)19(37)11-16/h3-11,13,37H,12H2,1-2H3,(H2,29,31,32). The summed E-state index contributed by atoms with van der Waals surface area (Å²) >= 11 is 0. The van der Waals surface area contributed by atoms with Crippen LogP contribution in [0.1, 0.15) is 17.0 Å². The molecule has 0 unspecified atom stereocenters. The van der Waals surface area contributed by atoms with E-state index in [0.717, 1.165) is 17.2 Å². The van der Waals surface area contributed by atoms with Gasteiger partial charge in [-0.05, 0) is 55.3 Å². The van der Waals surface area contributed by atoms with E-state index in [9.17, 15) is 14.3 Å². The third kappa shape index (κ3) is 3.63. The topological polar surface area (TPSA) is 138 Å². The second-order valence-electron chi connectivity index (χ2n) is 8.91. The zero-order valence-electron chi connectivity index (χ0n) is 20.4. The van der Waals surface area contributed by atoms with Gasteiger partial charge in [0.1, 0.15) is 30.2 Å². The highest BCUT2D eigenvalue weighted by molar-refractivity contribution is 5.98. The molecule has 0 spiro atoms. The monoisotopic (exact) mass is 508 g/mol. The number of fused-ring (bicyclic) bond motifs is 2. The molecule has 11 heteroatoms. The van der Waals surface area contributed by atoms with Crippen molar-refractivity contribution >= 4 is 27.9 Å². The normalized spacial score (nSPS) is 11.4. The smallest absolute Gasteiger partial charge is 0.267 e. The molecule has 0 amide bonds. The van der Waals surface area contributed by atoms with Crippen molar-refractivity contribution < 1.29 is 9.50 Å². The van der Waals surface area contributed by atoms with Crippen LogP contribution in [0.2, 0.25) is 0 Å². The molecule has 0 fully saturated rings. The summed E-state index contributed by atoms with van der Waals surface area (Å²) in [4.78, 5) is 31.5. The van der Waals surface area contributed by atoms with Gasteiger partial charge in [0.15, 0.2) is 22.9 Å². The number of halogens is 1. The summed E-state index contributed by atoms with van der Waals surface area (Å²) in [7, 11) is 0. The Bertz CT molecular complexity index is 1950. The molecule has 2 aromatic carbocycles. The summed E-state index contributed by atoms with van der Waals surface area (Å²) in [5, 5.41) is 15.5. The molecule has 0 saturated carbocycles. The van der Waals surface area contributed by atoms with E-state index in [1.165, 1.54) is 18.5 Å². The lowest BCUT2D eigenvalue weighted by atomic mass is 10.1. The van der Waals surface area contributed by atoms with E-state index in [-0.39, 0.29) is 17.9 Å². The first kappa shape index (κ1) is 23.2. The second-order valence-corrected chi connectivity index (χ2v) is 8.91. The maximum atomic E-state index is 13.9. The minimum atomic E-state index is -0.757. The Labute approximate surface area is 214 Å². The number of phenols is 1.